The summed E-state index contributed by atoms with van der Waals surface area (Å²) in [5.74, 6) is 0. The molecule has 1 nitrogen and oxygen atoms in total. The Balaban J connectivity index is 2.27. The van der Waals surface area contributed by atoms with Crippen LogP contribution in [0.15, 0.2) is 24.8 Å². The predicted molar refractivity (Wildman–Crippen MR) is 61.4 cm³/mol. The maximum atomic E-state index is 5.93. The number of hydrogen-bond donors (Lipinski definition) is 0. The number of unbranched alkanes of at least 4 members (excludes halogenated alkanes) is 1. The first kappa shape index (κ1) is 11.5. The van der Waals surface area contributed by atoms with Crippen molar-refractivity contribution in [1.29, 1.82) is 0 Å². The maximum absolute atomic E-state index is 5.93. The van der Waals surface area contributed by atoms with Crippen LogP contribution in [0.4, 0.5) is 0 Å². The quantitative estimate of drug-likeness (QED) is 0.583. The lowest BCUT2D eigenvalue weighted by atomic mass is 10.0. The van der Waals surface area contributed by atoms with Gasteiger partial charge in [0.2, 0.25) is 0 Å². The molecule has 0 spiro atoms. The van der Waals surface area contributed by atoms with E-state index in [0.717, 1.165) is 19.3 Å². The van der Waals surface area contributed by atoms with Crippen molar-refractivity contribution in [2.45, 2.75) is 57.7 Å². The van der Waals surface area contributed by atoms with Crippen LogP contribution in [0.2, 0.25) is 0 Å². The summed E-state index contributed by atoms with van der Waals surface area (Å²) in [6, 6.07) is 0. The molecule has 2 atom stereocenters. The molecule has 1 fully saturated rings. The Hall–Kier alpha value is -0.560. The van der Waals surface area contributed by atoms with Crippen molar-refractivity contribution < 1.29 is 4.74 Å². The second-order valence-electron chi connectivity index (χ2n) is 4.12. The van der Waals surface area contributed by atoms with Crippen molar-refractivity contribution in [2.24, 2.45) is 0 Å². The summed E-state index contributed by atoms with van der Waals surface area (Å²) < 4.78 is 5.93. The van der Waals surface area contributed by atoms with E-state index < -0.39 is 0 Å². The molecule has 1 heteroatoms. The van der Waals surface area contributed by atoms with Gasteiger partial charge in [-0.25, -0.2) is 0 Å². The summed E-state index contributed by atoms with van der Waals surface area (Å²) in [7, 11) is 0. The SMILES string of the molecule is C=CCC[C@@H]1O[C@@H](CCCC)CC1=C. The Morgan fingerprint density at radius 3 is 2.93 bits per heavy atom. The standard InChI is InChI=1S/C13H22O/c1-4-6-8-12-10-11(3)13(14-12)9-7-5-2/h5,12-13H,2-4,6-10H2,1H3/t12-,13-/m0/s1. The van der Waals surface area contributed by atoms with Crippen LogP contribution in [0.3, 0.4) is 0 Å². The van der Waals surface area contributed by atoms with E-state index >= 15 is 0 Å². The Labute approximate surface area is 87.8 Å². The van der Waals surface area contributed by atoms with Crippen molar-refractivity contribution in [3.63, 3.8) is 0 Å². The van der Waals surface area contributed by atoms with Crippen LogP contribution in [-0.2, 0) is 4.74 Å². The van der Waals surface area contributed by atoms with Crippen LogP contribution in [-0.4, -0.2) is 12.2 Å². The zero-order valence-corrected chi connectivity index (χ0v) is 9.30. The average Bonchev–Trinajstić information content (AvgIpc) is 2.53. The zero-order valence-electron chi connectivity index (χ0n) is 9.30. The third-order valence-electron chi connectivity index (χ3n) is 2.81. The highest BCUT2D eigenvalue weighted by Crippen LogP contribution is 2.30. The zero-order chi connectivity index (χ0) is 10.4. The van der Waals surface area contributed by atoms with Crippen molar-refractivity contribution in [3.05, 3.63) is 24.8 Å². The molecule has 0 unspecified atom stereocenters. The molecule has 0 N–H and O–H groups in total. The van der Waals surface area contributed by atoms with E-state index in [0.29, 0.717) is 12.2 Å². The number of hydrogen-bond acceptors (Lipinski definition) is 1. The smallest absolute Gasteiger partial charge is 0.0790 e. The highest BCUT2D eigenvalue weighted by atomic mass is 16.5. The van der Waals surface area contributed by atoms with Crippen LogP contribution in [0, 0.1) is 0 Å². The molecular formula is C13H22O. The molecule has 0 saturated carbocycles. The van der Waals surface area contributed by atoms with Gasteiger partial charge in [0.05, 0.1) is 12.2 Å². The summed E-state index contributed by atoms with van der Waals surface area (Å²) in [6.07, 6.45) is 9.58. The van der Waals surface area contributed by atoms with E-state index in [1.165, 1.54) is 24.8 Å². The fraction of sp³-hybridized carbons (Fsp3) is 0.692. The molecule has 1 aliphatic heterocycles. The van der Waals surface area contributed by atoms with Gasteiger partial charge in [0.1, 0.15) is 0 Å². The van der Waals surface area contributed by atoms with Gasteiger partial charge >= 0.3 is 0 Å². The van der Waals surface area contributed by atoms with E-state index in [4.69, 9.17) is 4.74 Å². The minimum absolute atomic E-state index is 0.301. The van der Waals surface area contributed by atoms with Gasteiger partial charge in [0, 0.05) is 0 Å². The molecule has 0 amide bonds. The van der Waals surface area contributed by atoms with Crippen LogP contribution >= 0.6 is 0 Å². The van der Waals surface area contributed by atoms with Crippen molar-refractivity contribution in [2.75, 3.05) is 0 Å². The largest absolute Gasteiger partial charge is 0.370 e. The van der Waals surface area contributed by atoms with Crippen LogP contribution in [0.1, 0.15) is 45.4 Å². The summed E-state index contributed by atoms with van der Waals surface area (Å²) >= 11 is 0. The summed E-state index contributed by atoms with van der Waals surface area (Å²) in [5, 5.41) is 0. The lowest BCUT2D eigenvalue weighted by Gasteiger charge is -2.12. The van der Waals surface area contributed by atoms with Crippen LogP contribution in [0.25, 0.3) is 0 Å². The maximum Gasteiger partial charge on any atom is 0.0790 e. The van der Waals surface area contributed by atoms with Gasteiger partial charge in [-0.1, -0.05) is 32.4 Å². The normalized spacial score (nSPS) is 26.8. The fourth-order valence-electron chi connectivity index (χ4n) is 1.94. The molecule has 1 saturated heterocycles. The van der Waals surface area contributed by atoms with E-state index in [9.17, 15) is 0 Å². The van der Waals surface area contributed by atoms with Gasteiger partial charge in [-0.15, -0.1) is 6.58 Å². The minimum Gasteiger partial charge on any atom is -0.370 e. The van der Waals surface area contributed by atoms with Gasteiger partial charge < -0.3 is 4.74 Å². The number of allylic oxidation sites excluding steroid dienone is 1. The first-order chi connectivity index (χ1) is 6.77. The van der Waals surface area contributed by atoms with Gasteiger partial charge in [-0.3, -0.25) is 0 Å². The second kappa shape index (κ2) is 6.02. The lowest BCUT2D eigenvalue weighted by Crippen LogP contribution is -2.10. The molecule has 80 valence electrons. The minimum atomic E-state index is 0.301. The van der Waals surface area contributed by atoms with Gasteiger partial charge in [-0.05, 0) is 31.3 Å². The highest BCUT2D eigenvalue weighted by molar-refractivity contribution is 5.09. The predicted octanol–water partition coefficient (Wildman–Crippen LogP) is 3.86. The van der Waals surface area contributed by atoms with Crippen molar-refractivity contribution in [3.8, 4) is 0 Å². The lowest BCUT2D eigenvalue weighted by molar-refractivity contribution is 0.0427. The molecule has 0 aromatic carbocycles. The first-order valence-corrected chi connectivity index (χ1v) is 5.72. The third kappa shape index (κ3) is 3.30. The molecule has 0 aliphatic carbocycles. The Morgan fingerprint density at radius 2 is 2.29 bits per heavy atom. The number of ether oxygens (including phenoxy) is 1. The molecule has 1 heterocycles. The average molecular weight is 194 g/mol. The van der Waals surface area contributed by atoms with Gasteiger partial charge in [0.25, 0.3) is 0 Å². The third-order valence-corrected chi connectivity index (χ3v) is 2.81. The molecule has 0 aromatic heterocycles. The highest BCUT2D eigenvalue weighted by Gasteiger charge is 2.27. The molecule has 0 bridgehead atoms. The second-order valence-corrected chi connectivity index (χ2v) is 4.12. The Bertz CT molecular complexity index is 195. The Kier molecular flexibility index (Phi) is 4.95. The molecular weight excluding hydrogens is 172 g/mol. The molecule has 0 aromatic rings. The van der Waals surface area contributed by atoms with E-state index in [2.05, 4.69) is 20.1 Å². The topological polar surface area (TPSA) is 9.23 Å². The number of rotatable bonds is 6. The molecule has 1 rings (SSSR count). The monoisotopic (exact) mass is 194 g/mol. The summed E-state index contributed by atoms with van der Waals surface area (Å²) in [5.41, 5.74) is 1.29. The van der Waals surface area contributed by atoms with Gasteiger partial charge in [0.15, 0.2) is 0 Å². The van der Waals surface area contributed by atoms with Crippen LogP contribution in [0.5, 0.6) is 0 Å². The van der Waals surface area contributed by atoms with Gasteiger partial charge in [-0.2, -0.15) is 0 Å². The molecule has 0 radical (unpaired) electrons. The molecule has 14 heavy (non-hydrogen) atoms. The molecule has 1 aliphatic rings. The summed E-state index contributed by atoms with van der Waals surface area (Å²) in [4.78, 5) is 0. The van der Waals surface area contributed by atoms with Crippen molar-refractivity contribution in [1.82, 2.24) is 0 Å². The fourth-order valence-corrected chi connectivity index (χ4v) is 1.94. The van der Waals surface area contributed by atoms with E-state index in [-0.39, 0.29) is 0 Å². The van der Waals surface area contributed by atoms with Crippen LogP contribution < -0.4 is 0 Å². The van der Waals surface area contributed by atoms with E-state index in [1.54, 1.807) is 0 Å². The summed E-state index contributed by atoms with van der Waals surface area (Å²) in [6.45, 7) is 10.0. The first-order valence-electron chi connectivity index (χ1n) is 5.72. The Morgan fingerprint density at radius 1 is 1.50 bits per heavy atom. The van der Waals surface area contributed by atoms with Crippen molar-refractivity contribution >= 4 is 0 Å². The van der Waals surface area contributed by atoms with E-state index in [1.807, 2.05) is 6.08 Å².